The molecule has 0 atom stereocenters. The SMILES string of the molecule is Cc1sc(CNC2CC2)cc1CN1CCOCC1(C)C. The van der Waals surface area contributed by atoms with Crippen LogP contribution in [-0.2, 0) is 17.8 Å². The topological polar surface area (TPSA) is 24.5 Å². The van der Waals surface area contributed by atoms with Crippen molar-refractivity contribution in [3.63, 3.8) is 0 Å². The number of morpholine rings is 1. The summed E-state index contributed by atoms with van der Waals surface area (Å²) in [6.07, 6.45) is 2.72. The summed E-state index contributed by atoms with van der Waals surface area (Å²) in [7, 11) is 0. The van der Waals surface area contributed by atoms with E-state index in [0.29, 0.717) is 0 Å². The maximum absolute atomic E-state index is 5.61. The Kier molecular flexibility index (Phi) is 4.18. The highest BCUT2D eigenvalue weighted by atomic mass is 32.1. The molecule has 1 saturated carbocycles. The maximum Gasteiger partial charge on any atom is 0.0645 e. The Balaban J connectivity index is 1.63. The molecule has 3 nitrogen and oxygen atoms in total. The molecule has 0 radical (unpaired) electrons. The van der Waals surface area contributed by atoms with Crippen molar-refractivity contribution < 1.29 is 4.74 Å². The van der Waals surface area contributed by atoms with Crippen LogP contribution in [0.4, 0.5) is 0 Å². The van der Waals surface area contributed by atoms with Crippen LogP contribution in [0.3, 0.4) is 0 Å². The first-order valence-corrected chi connectivity index (χ1v) is 8.50. The number of rotatable bonds is 5. The normalized spacial score (nSPS) is 23.1. The largest absolute Gasteiger partial charge is 0.378 e. The Morgan fingerprint density at radius 2 is 2.25 bits per heavy atom. The van der Waals surface area contributed by atoms with Gasteiger partial charge >= 0.3 is 0 Å². The van der Waals surface area contributed by atoms with Gasteiger partial charge in [-0.05, 0) is 45.2 Å². The first-order chi connectivity index (χ1) is 9.54. The highest BCUT2D eigenvalue weighted by molar-refractivity contribution is 7.12. The number of aryl methyl sites for hydroxylation is 1. The van der Waals surface area contributed by atoms with Crippen molar-refractivity contribution >= 4 is 11.3 Å². The lowest BCUT2D eigenvalue weighted by Crippen LogP contribution is -2.52. The molecular weight excluding hydrogens is 268 g/mol. The first kappa shape index (κ1) is 14.5. The van der Waals surface area contributed by atoms with E-state index in [9.17, 15) is 0 Å². The van der Waals surface area contributed by atoms with E-state index in [1.54, 1.807) is 0 Å². The second-order valence-electron chi connectivity index (χ2n) is 6.74. The van der Waals surface area contributed by atoms with Crippen LogP contribution in [0.5, 0.6) is 0 Å². The Bertz CT molecular complexity index is 465. The minimum absolute atomic E-state index is 0.152. The first-order valence-electron chi connectivity index (χ1n) is 7.69. The van der Waals surface area contributed by atoms with Crippen molar-refractivity contribution in [3.05, 3.63) is 21.4 Å². The average Bonchev–Trinajstić information content (AvgIpc) is 3.15. The second kappa shape index (κ2) is 5.76. The van der Waals surface area contributed by atoms with E-state index in [0.717, 1.165) is 38.9 Å². The quantitative estimate of drug-likeness (QED) is 0.903. The van der Waals surface area contributed by atoms with Gasteiger partial charge in [0.2, 0.25) is 0 Å². The van der Waals surface area contributed by atoms with E-state index in [2.05, 4.69) is 37.1 Å². The van der Waals surface area contributed by atoms with Gasteiger partial charge in [-0.1, -0.05) is 0 Å². The van der Waals surface area contributed by atoms with Gasteiger partial charge < -0.3 is 10.1 Å². The monoisotopic (exact) mass is 294 g/mol. The van der Waals surface area contributed by atoms with Gasteiger partial charge in [0.25, 0.3) is 0 Å². The number of thiophene rings is 1. The third-order valence-corrected chi connectivity index (χ3v) is 5.48. The van der Waals surface area contributed by atoms with Crippen LogP contribution >= 0.6 is 11.3 Å². The predicted molar refractivity (Wildman–Crippen MR) is 84.2 cm³/mol. The third kappa shape index (κ3) is 3.42. The number of hydrogen-bond acceptors (Lipinski definition) is 4. The van der Waals surface area contributed by atoms with E-state index in [4.69, 9.17) is 4.74 Å². The number of hydrogen-bond donors (Lipinski definition) is 1. The summed E-state index contributed by atoms with van der Waals surface area (Å²) in [6.45, 7) is 11.7. The van der Waals surface area contributed by atoms with Gasteiger partial charge in [0.1, 0.15) is 0 Å². The van der Waals surface area contributed by atoms with Crippen molar-refractivity contribution in [1.29, 1.82) is 0 Å². The van der Waals surface area contributed by atoms with Gasteiger partial charge in [-0.15, -0.1) is 11.3 Å². The zero-order valence-electron chi connectivity index (χ0n) is 12.9. The Morgan fingerprint density at radius 1 is 1.45 bits per heavy atom. The molecule has 1 aliphatic heterocycles. The van der Waals surface area contributed by atoms with E-state index < -0.39 is 0 Å². The summed E-state index contributed by atoms with van der Waals surface area (Å²) in [4.78, 5) is 5.51. The third-order valence-electron chi connectivity index (χ3n) is 4.39. The highest BCUT2D eigenvalue weighted by Gasteiger charge is 2.30. The molecule has 0 unspecified atom stereocenters. The van der Waals surface area contributed by atoms with Crippen LogP contribution in [0.25, 0.3) is 0 Å². The molecule has 1 saturated heterocycles. The highest BCUT2D eigenvalue weighted by Crippen LogP contribution is 2.28. The van der Waals surface area contributed by atoms with Crippen molar-refractivity contribution in [3.8, 4) is 0 Å². The molecule has 2 fully saturated rings. The van der Waals surface area contributed by atoms with Crippen LogP contribution in [0.15, 0.2) is 6.07 Å². The fraction of sp³-hybridized carbons (Fsp3) is 0.750. The Hall–Kier alpha value is -0.420. The molecule has 2 aliphatic rings. The summed E-state index contributed by atoms with van der Waals surface area (Å²) in [6, 6.07) is 3.19. The zero-order chi connectivity index (χ0) is 14.2. The van der Waals surface area contributed by atoms with Crippen molar-refractivity contribution in [2.75, 3.05) is 19.8 Å². The molecule has 0 amide bonds. The maximum atomic E-state index is 5.61. The Morgan fingerprint density at radius 3 is 2.95 bits per heavy atom. The standard InChI is InChI=1S/C16H26N2OS/c1-12-13(8-15(20-12)9-17-14-4-5-14)10-18-6-7-19-11-16(18,2)3/h8,14,17H,4-7,9-11H2,1-3H3. The lowest BCUT2D eigenvalue weighted by atomic mass is 10.0. The van der Waals surface area contributed by atoms with Crippen molar-refractivity contribution in [2.45, 2.75) is 58.3 Å². The summed E-state index contributed by atoms with van der Waals surface area (Å²) in [5.74, 6) is 0. The van der Waals surface area contributed by atoms with Gasteiger partial charge in [-0.2, -0.15) is 0 Å². The molecule has 1 aromatic heterocycles. The second-order valence-corrected chi connectivity index (χ2v) is 8.08. The smallest absolute Gasteiger partial charge is 0.0645 e. The van der Waals surface area contributed by atoms with Gasteiger partial charge in [0.05, 0.1) is 13.2 Å². The predicted octanol–water partition coefficient (Wildman–Crippen LogP) is 2.92. The zero-order valence-corrected chi connectivity index (χ0v) is 13.7. The molecular formula is C16H26N2OS. The van der Waals surface area contributed by atoms with Crippen LogP contribution in [0, 0.1) is 6.92 Å². The molecule has 112 valence electrons. The van der Waals surface area contributed by atoms with E-state index in [1.165, 1.54) is 28.2 Å². The van der Waals surface area contributed by atoms with Gasteiger partial charge in [0.15, 0.2) is 0 Å². The molecule has 1 N–H and O–H groups in total. The molecule has 0 bridgehead atoms. The Labute approximate surface area is 126 Å². The lowest BCUT2D eigenvalue weighted by molar-refractivity contribution is -0.0553. The van der Waals surface area contributed by atoms with Crippen LogP contribution in [-0.4, -0.2) is 36.2 Å². The van der Waals surface area contributed by atoms with E-state index in [-0.39, 0.29) is 5.54 Å². The molecule has 0 spiro atoms. The summed E-state index contributed by atoms with van der Waals surface area (Å²) in [5.41, 5.74) is 1.65. The van der Waals surface area contributed by atoms with Crippen LogP contribution in [0.1, 0.15) is 42.0 Å². The number of ether oxygens (including phenoxy) is 1. The fourth-order valence-electron chi connectivity index (χ4n) is 2.75. The van der Waals surface area contributed by atoms with E-state index >= 15 is 0 Å². The molecule has 1 aromatic rings. The fourth-order valence-corrected chi connectivity index (χ4v) is 3.76. The van der Waals surface area contributed by atoms with Gasteiger partial charge in [-0.3, -0.25) is 4.90 Å². The van der Waals surface area contributed by atoms with E-state index in [1.807, 2.05) is 11.3 Å². The molecule has 20 heavy (non-hydrogen) atoms. The number of nitrogens with zero attached hydrogens (tertiary/aromatic N) is 1. The molecule has 2 heterocycles. The molecule has 1 aliphatic carbocycles. The van der Waals surface area contributed by atoms with Gasteiger partial charge in [0, 0.05) is 41.0 Å². The molecule has 3 rings (SSSR count). The molecule has 4 heteroatoms. The summed E-state index contributed by atoms with van der Waals surface area (Å²) in [5, 5.41) is 3.61. The minimum Gasteiger partial charge on any atom is -0.378 e. The minimum atomic E-state index is 0.152. The summed E-state index contributed by atoms with van der Waals surface area (Å²) < 4.78 is 5.61. The van der Waals surface area contributed by atoms with Crippen molar-refractivity contribution in [2.24, 2.45) is 0 Å². The van der Waals surface area contributed by atoms with Crippen molar-refractivity contribution in [1.82, 2.24) is 10.2 Å². The molecule has 0 aromatic carbocycles. The average molecular weight is 294 g/mol. The summed E-state index contributed by atoms with van der Waals surface area (Å²) >= 11 is 1.95. The van der Waals surface area contributed by atoms with Crippen LogP contribution in [0.2, 0.25) is 0 Å². The van der Waals surface area contributed by atoms with Gasteiger partial charge in [-0.25, -0.2) is 0 Å². The number of nitrogens with one attached hydrogen (secondary N) is 1. The lowest BCUT2D eigenvalue weighted by Gasteiger charge is -2.42. The van der Waals surface area contributed by atoms with Crippen LogP contribution < -0.4 is 5.32 Å².